The Morgan fingerprint density at radius 2 is 1.67 bits per heavy atom. The summed E-state index contributed by atoms with van der Waals surface area (Å²) in [5.41, 5.74) is 0.507. The predicted octanol–water partition coefficient (Wildman–Crippen LogP) is -0.306. The van der Waals surface area contributed by atoms with Gasteiger partial charge in [-0.15, -0.1) is 0 Å². The number of hydrogen-bond donors (Lipinski definition) is 3. The zero-order valence-electron chi connectivity index (χ0n) is 3.89. The van der Waals surface area contributed by atoms with Crippen LogP contribution in [0.2, 0.25) is 0 Å². The number of aliphatic hydroxyl groups is 1. The van der Waals surface area contributed by atoms with E-state index < -0.39 is 5.72 Å². The second-order valence-electron chi connectivity index (χ2n) is 1.67. The van der Waals surface area contributed by atoms with E-state index in [1.807, 2.05) is 0 Å². The van der Waals surface area contributed by atoms with Gasteiger partial charge in [-0.05, 0) is 13.8 Å². The highest BCUT2D eigenvalue weighted by Gasteiger charge is 2.06. The summed E-state index contributed by atoms with van der Waals surface area (Å²) in [4.78, 5) is 0. The third kappa shape index (κ3) is 3.88. The first kappa shape index (κ1) is 5.88. The first-order valence-corrected chi connectivity index (χ1v) is 1.70. The Hall–Kier alpha value is -0.120. The summed E-state index contributed by atoms with van der Waals surface area (Å²) in [5, 5.41) is 16.4. The van der Waals surface area contributed by atoms with E-state index in [2.05, 4.69) is 0 Å². The van der Waals surface area contributed by atoms with E-state index in [4.69, 9.17) is 10.3 Å². The Morgan fingerprint density at radius 3 is 1.67 bits per heavy atom. The zero-order valence-corrected chi connectivity index (χ0v) is 3.89. The Bertz CT molecular complexity index is 38.5. The molecule has 3 N–H and O–H groups in total. The average molecular weight is 91.1 g/mol. The minimum absolute atomic E-state index is 1.15. The molecule has 0 saturated carbocycles. The molecule has 0 aromatic carbocycles. The van der Waals surface area contributed by atoms with Crippen LogP contribution >= 0.6 is 0 Å². The zero-order chi connectivity index (χ0) is 5.21. The van der Waals surface area contributed by atoms with Crippen LogP contribution in [0, 0.1) is 0 Å². The standard InChI is InChI=1S/C3H9NO2/c1-3(2,5)4-6/h4-6H,1-2H3. The third-order valence-corrected chi connectivity index (χ3v) is 0.274. The fraction of sp³-hybridized carbons (Fsp3) is 1.00. The van der Waals surface area contributed by atoms with Crippen molar-refractivity contribution in [3.63, 3.8) is 0 Å². The van der Waals surface area contributed by atoms with Gasteiger partial charge >= 0.3 is 0 Å². The van der Waals surface area contributed by atoms with E-state index in [0.29, 0.717) is 0 Å². The Labute approximate surface area is 36.6 Å². The molecule has 0 aromatic heterocycles. The van der Waals surface area contributed by atoms with Gasteiger partial charge in [0.2, 0.25) is 0 Å². The van der Waals surface area contributed by atoms with Crippen LogP contribution in [0.5, 0.6) is 0 Å². The summed E-state index contributed by atoms with van der Waals surface area (Å²) in [5.74, 6) is 0. The molecule has 0 atom stereocenters. The first-order valence-electron chi connectivity index (χ1n) is 1.70. The highest BCUT2D eigenvalue weighted by molar-refractivity contribution is 4.50. The van der Waals surface area contributed by atoms with Crippen LogP contribution in [0.4, 0.5) is 0 Å². The minimum atomic E-state index is -1.15. The first-order chi connectivity index (χ1) is 2.56. The summed E-state index contributed by atoms with van der Waals surface area (Å²) < 4.78 is 0. The van der Waals surface area contributed by atoms with Gasteiger partial charge < -0.3 is 10.3 Å². The van der Waals surface area contributed by atoms with Gasteiger partial charge in [-0.1, -0.05) is 0 Å². The van der Waals surface area contributed by atoms with E-state index in [9.17, 15) is 0 Å². The summed E-state index contributed by atoms with van der Waals surface area (Å²) in [7, 11) is 0. The number of hydroxylamine groups is 1. The van der Waals surface area contributed by atoms with Crippen molar-refractivity contribution in [2.75, 3.05) is 0 Å². The lowest BCUT2D eigenvalue weighted by Crippen LogP contribution is -2.35. The van der Waals surface area contributed by atoms with Crippen molar-refractivity contribution in [3.8, 4) is 0 Å². The van der Waals surface area contributed by atoms with Crippen molar-refractivity contribution in [2.45, 2.75) is 19.6 Å². The Kier molecular flexibility index (Phi) is 1.52. The van der Waals surface area contributed by atoms with E-state index in [1.165, 1.54) is 13.8 Å². The SMILES string of the molecule is CC(C)(O)NO. The second kappa shape index (κ2) is 1.55. The van der Waals surface area contributed by atoms with Gasteiger partial charge in [-0.25, -0.2) is 0 Å². The highest BCUT2D eigenvalue weighted by atomic mass is 16.5. The van der Waals surface area contributed by atoms with Crippen LogP contribution in [0.1, 0.15) is 13.8 Å². The largest absolute Gasteiger partial charge is 0.374 e. The number of hydrogen-bond acceptors (Lipinski definition) is 3. The van der Waals surface area contributed by atoms with Crippen LogP contribution in [0.3, 0.4) is 0 Å². The van der Waals surface area contributed by atoms with E-state index in [1.54, 1.807) is 5.48 Å². The summed E-state index contributed by atoms with van der Waals surface area (Å²) in [6.07, 6.45) is 0. The molecule has 6 heavy (non-hydrogen) atoms. The molecule has 0 aliphatic heterocycles. The molecule has 0 aromatic rings. The van der Waals surface area contributed by atoms with Crippen molar-refractivity contribution >= 4 is 0 Å². The van der Waals surface area contributed by atoms with Crippen molar-refractivity contribution in [1.29, 1.82) is 0 Å². The van der Waals surface area contributed by atoms with Crippen LogP contribution in [0.15, 0.2) is 0 Å². The number of rotatable bonds is 1. The molecule has 0 unspecified atom stereocenters. The quantitative estimate of drug-likeness (QED) is 0.306. The summed E-state index contributed by atoms with van der Waals surface area (Å²) in [6, 6.07) is 0. The highest BCUT2D eigenvalue weighted by Crippen LogP contribution is 1.88. The molecule has 0 heterocycles. The van der Waals surface area contributed by atoms with Crippen molar-refractivity contribution < 1.29 is 10.3 Å². The Balaban J connectivity index is 3.17. The maximum Gasteiger partial charge on any atom is 0.132 e. The summed E-state index contributed by atoms with van der Waals surface area (Å²) in [6.45, 7) is 2.88. The van der Waals surface area contributed by atoms with Gasteiger partial charge in [0, 0.05) is 0 Å². The molecule has 0 amide bonds. The molecule has 0 aliphatic carbocycles. The van der Waals surface area contributed by atoms with Crippen LogP contribution in [0.25, 0.3) is 0 Å². The molecular weight excluding hydrogens is 82.0 g/mol. The van der Waals surface area contributed by atoms with E-state index >= 15 is 0 Å². The molecule has 3 heteroatoms. The minimum Gasteiger partial charge on any atom is -0.374 e. The normalized spacial score (nSPS) is 12.0. The van der Waals surface area contributed by atoms with Crippen LogP contribution in [-0.2, 0) is 0 Å². The lowest BCUT2D eigenvalue weighted by Gasteiger charge is -2.12. The fourth-order valence-corrected chi connectivity index (χ4v) is 0. The van der Waals surface area contributed by atoms with Gasteiger partial charge in [0.1, 0.15) is 5.72 Å². The third-order valence-electron chi connectivity index (χ3n) is 0.274. The number of nitrogens with one attached hydrogen (secondary N) is 1. The second-order valence-corrected chi connectivity index (χ2v) is 1.67. The Morgan fingerprint density at radius 1 is 1.50 bits per heavy atom. The fourth-order valence-electron chi connectivity index (χ4n) is 0. The van der Waals surface area contributed by atoms with E-state index in [0.717, 1.165) is 0 Å². The van der Waals surface area contributed by atoms with Gasteiger partial charge in [-0.3, -0.25) is 0 Å². The smallest absolute Gasteiger partial charge is 0.132 e. The lowest BCUT2D eigenvalue weighted by molar-refractivity contribution is -0.0656. The molecule has 0 spiro atoms. The molecule has 0 bridgehead atoms. The average Bonchev–Trinajstić information content (AvgIpc) is 1.35. The van der Waals surface area contributed by atoms with Crippen molar-refractivity contribution in [2.24, 2.45) is 0 Å². The maximum atomic E-state index is 8.47. The summed E-state index contributed by atoms with van der Waals surface area (Å²) >= 11 is 0. The van der Waals surface area contributed by atoms with Gasteiger partial charge in [0.15, 0.2) is 0 Å². The molecule has 38 valence electrons. The van der Waals surface area contributed by atoms with Gasteiger partial charge in [-0.2, -0.15) is 5.48 Å². The molecule has 0 fully saturated rings. The van der Waals surface area contributed by atoms with Crippen LogP contribution in [-0.4, -0.2) is 16.0 Å². The van der Waals surface area contributed by atoms with Crippen molar-refractivity contribution in [3.05, 3.63) is 0 Å². The molecule has 0 radical (unpaired) electrons. The molecule has 0 saturated heterocycles. The maximum absolute atomic E-state index is 8.47. The van der Waals surface area contributed by atoms with Crippen LogP contribution < -0.4 is 5.48 Å². The lowest BCUT2D eigenvalue weighted by atomic mass is 10.3. The molecule has 3 nitrogen and oxygen atoms in total. The van der Waals surface area contributed by atoms with Gasteiger partial charge in [0.05, 0.1) is 0 Å². The topological polar surface area (TPSA) is 52.5 Å². The van der Waals surface area contributed by atoms with Crippen molar-refractivity contribution in [1.82, 2.24) is 5.48 Å². The van der Waals surface area contributed by atoms with Gasteiger partial charge in [0.25, 0.3) is 0 Å². The predicted molar refractivity (Wildman–Crippen MR) is 21.2 cm³/mol. The molecule has 0 aliphatic rings. The monoisotopic (exact) mass is 91.1 g/mol. The van der Waals surface area contributed by atoms with E-state index in [-0.39, 0.29) is 0 Å². The molecular formula is C3H9NO2. The molecule has 0 rings (SSSR count).